The third-order valence-corrected chi connectivity index (χ3v) is 10.9. The van der Waals surface area contributed by atoms with E-state index >= 15 is 0 Å². The van der Waals surface area contributed by atoms with Gasteiger partial charge in [0.1, 0.15) is 0 Å². The Hall–Kier alpha value is -4.83. The molecule has 1 saturated carbocycles. The number of anilines is 1. The van der Waals surface area contributed by atoms with Gasteiger partial charge in [-0.1, -0.05) is 18.2 Å². The summed E-state index contributed by atoms with van der Waals surface area (Å²) in [5, 5.41) is 8.52. The molecule has 2 bridgehead atoms. The summed E-state index contributed by atoms with van der Waals surface area (Å²) in [5.74, 6) is -0.462. The predicted octanol–water partition coefficient (Wildman–Crippen LogP) is 4.20. The second-order valence-electron chi connectivity index (χ2n) is 12.4. The second kappa shape index (κ2) is 11.4. The molecule has 4 aromatic rings. The highest BCUT2D eigenvalue weighted by molar-refractivity contribution is 7.91. The van der Waals surface area contributed by atoms with Crippen molar-refractivity contribution in [1.82, 2.24) is 20.1 Å². The van der Waals surface area contributed by atoms with E-state index in [-0.39, 0.29) is 28.9 Å². The van der Waals surface area contributed by atoms with Crippen LogP contribution in [0, 0.1) is 5.92 Å². The molecule has 0 spiro atoms. The fraction of sp³-hybridized carbons (Fsp3) is 0.344. The predicted molar refractivity (Wildman–Crippen MR) is 164 cm³/mol. The van der Waals surface area contributed by atoms with Crippen LogP contribution in [0.4, 0.5) is 23.7 Å². The molecule has 4 aliphatic rings. The van der Waals surface area contributed by atoms with Crippen molar-refractivity contribution in [2.24, 2.45) is 11.7 Å². The van der Waals surface area contributed by atoms with E-state index in [0.29, 0.717) is 41.4 Å². The van der Waals surface area contributed by atoms with Crippen LogP contribution in [0.3, 0.4) is 0 Å². The lowest BCUT2D eigenvalue weighted by Crippen LogP contribution is -2.60. The zero-order valence-corrected chi connectivity index (χ0v) is 26.3. The van der Waals surface area contributed by atoms with Gasteiger partial charge in [0.15, 0.2) is 9.84 Å². The van der Waals surface area contributed by atoms with E-state index in [1.54, 1.807) is 17.0 Å². The van der Waals surface area contributed by atoms with Gasteiger partial charge in [0.2, 0.25) is 17.7 Å². The standard InChI is InChI=1S/C32H29F3N6O6S/c1-46-30(43)40-14-19-11-31(12-19,17-40)29-39-38-27(47-29)21-5-9-26-25(10-21)41(28(42)23(36)16-48(26,44)45)15-18-2-8-24(37-13-18)20-3-6-22(7-4-20)32(33,34)35/h2-10,13,19,23H,11-12,14-17,36H2,1H3/t19?,23-,31?/m0/s1. The maximum atomic E-state index is 13.5. The molecule has 0 unspecified atom stereocenters. The van der Waals surface area contributed by atoms with Crippen molar-refractivity contribution in [3.63, 3.8) is 0 Å². The number of fused-ring (bicyclic) bond motifs is 3. The van der Waals surface area contributed by atoms with E-state index in [1.807, 2.05) is 0 Å². The Bertz CT molecular complexity index is 2010. The van der Waals surface area contributed by atoms with Gasteiger partial charge >= 0.3 is 12.3 Å². The summed E-state index contributed by atoms with van der Waals surface area (Å²) in [6.45, 7) is 0.863. The maximum absolute atomic E-state index is 13.5. The fourth-order valence-corrected chi connectivity index (χ4v) is 8.37. The van der Waals surface area contributed by atoms with Crippen molar-refractivity contribution in [1.29, 1.82) is 0 Å². The molecule has 0 radical (unpaired) electrons. The second-order valence-corrected chi connectivity index (χ2v) is 14.4. The van der Waals surface area contributed by atoms with Crippen LogP contribution in [0.2, 0.25) is 0 Å². The van der Waals surface area contributed by atoms with Gasteiger partial charge < -0.3 is 24.7 Å². The highest BCUT2D eigenvalue weighted by atomic mass is 32.2. The third kappa shape index (κ3) is 5.57. The van der Waals surface area contributed by atoms with E-state index in [1.165, 1.54) is 48.5 Å². The van der Waals surface area contributed by atoms with Crippen LogP contribution < -0.4 is 10.6 Å². The minimum Gasteiger partial charge on any atom is -0.453 e. The molecule has 12 nitrogen and oxygen atoms in total. The van der Waals surface area contributed by atoms with Crippen molar-refractivity contribution in [2.75, 3.05) is 30.9 Å². The van der Waals surface area contributed by atoms with Crippen molar-refractivity contribution >= 4 is 27.5 Å². The normalized spacial score (nSPS) is 23.2. The van der Waals surface area contributed by atoms with E-state index in [2.05, 4.69) is 15.2 Å². The Morgan fingerprint density at radius 2 is 1.81 bits per heavy atom. The first kappa shape index (κ1) is 31.8. The van der Waals surface area contributed by atoms with Gasteiger partial charge in [-0.2, -0.15) is 13.2 Å². The minimum atomic E-state index is -4.46. The number of alkyl halides is 3. The lowest BCUT2D eigenvalue weighted by Gasteiger charge is -2.53. The number of ether oxygens (including phenoxy) is 1. The highest BCUT2D eigenvalue weighted by Gasteiger charge is 2.55. The smallest absolute Gasteiger partial charge is 0.416 e. The van der Waals surface area contributed by atoms with Gasteiger partial charge in [-0.05, 0) is 60.7 Å². The Kier molecular flexibility index (Phi) is 7.54. The number of rotatable bonds is 5. The van der Waals surface area contributed by atoms with Crippen LogP contribution >= 0.6 is 0 Å². The van der Waals surface area contributed by atoms with Crippen LogP contribution in [0.15, 0.2) is 70.1 Å². The first-order valence-corrected chi connectivity index (χ1v) is 16.7. The lowest BCUT2D eigenvalue weighted by atomic mass is 9.58. The monoisotopic (exact) mass is 682 g/mol. The van der Waals surface area contributed by atoms with Gasteiger partial charge in [-0.25, -0.2) is 13.2 Å². The summed E-state index contributed by atoms with van der Waals surface area (Å²) in [5.41, 5.74) is 6.63. The molecule has 1 atom stereocenters. The van der Waals surface area contributed by atoms with E-state index in [9.17, 15) is 31.2 Å². The molecule has 1 aliphatic carbocycles. The van der Waals surface area contributed by atoms with Gasteiger partial charge in [0.05, 0.1) is 52.7 Å². The number of aromatic nitrogens is 3. The first-order valence-electron chi connectivity index (χ1n) is 15.0. The number of hydrogen-bond donors (Lipinski definition) is 1. The number of benzene rings is 2. The molecule has 3 fully saturated rings. The third-order valence-electron chi connectivity index (χ3n) is 9.13. The van der Waals surface area contributed by atoms with Gasteiger partial charge in [-0.15, -0.1) is 10.2 Å². The Balaban J connectivity index is 1.19. The molecular weight excluding hydrogens is 653 g/mol. The molecular formula is C32H29F3N6O6S. The summed E-state index contributed by atoms with van der Waals surface area (Å²) in [6.07, 6.45) is -1.88. The first-order chi connectivity index (χ1) is 22.8. The average molecular weight is 683 g/mol. The number of piperidine rings is 2. The molecule has 2 saturated heterocycles. The largest absolute Gasteiger partial charge is 0.453 e. The van der Waals surface area contributed by atoms with Crippen molar-refractivity contribution < 1.29 is 40.3 Å². The number of carbonyl (C=O) groups excluding carboxylic acids is 2. The number of halogens is 3. The van der Waals surface area contributed by atoms with E-state index < -0.39 is 50.8 Å². The molecule has 2 amide bonds. The van der Waals surface area contributed by atoms with Crippen LogP contribution in [0.5, 0.6) is 0 Å². The molecule has 48 heavy (non-hydrogen) atoms. The number of hydrogen-bond acceptors (Lipinski definition) is 10. The number of carbonyl (C=O) groups is 2. The lowest BCUT2D eigenvalue weighted by molar-refractivity contribution is -0.137. The average Bonchev–Trinajstić information content (AvgIpc) is 3.55. The molecule has 5 heterocycles. The van der Waals surface area contributed by atoms with Gasteiger partial charge in [-0.3, -0.25) is 9.78 Å². The fourth-order valence-electron chi connectivity index (χ4n) is 6.81. The molecule has 2 N–H and O–H groups in total. The number of nitrogens with zero attached hydrogens (tertiary/aromatic N) is 5. The summed E-state index contributed by atoms with van der Waals surface area (Å²) in [4.78, 5) is 32.9. The quantitative estimate of drug-likeness (QED) is 0.323. The number of amides is 2. The number of pyridine rings is 1. The van der Waals surface area contributed by atoms with E-state index in [0.717, 1.165) is 25.0 Å². The van der Waals surface area contributed by atoms with Gasteiger partial charge in [0.25, 0.3) is 0 Å². The van der Waals surface area contributed by atoms with Crippen LogP contribution in [0.1, 0.15) is 29.9 Å². The summed E-state index contributed by atoms with van der Waals surface area (Å²) in [6, 6.07) is 10.9. The molecule has 16 heteroatoms. The zero-order valence-electron chi connectivity index (χ0n) is 25.5. The number of nitrogens with two attached hydrogens (primary N) is 1. The minimum absolute atomic E-state index is 0.0772. The van der Waals surface area contributed by atoms with Crippen molar-refractivity contribution in [2.45, 2.75) is 41.9 Å². The highest BCUT2D eigenvalue weighted by Crippen LogP contribution is 2.52. The van der Waals surface area contributed by atoms with E-state index in [4.69, 9.17) is 14.9 Å². The summed E-state index contributed by atoms with van der Waals surface area (Å²) in [7, 11) is -2.65. The Morgan fingerprint density at radius 1 is 1.08 bits per heavy atom. The van der Waals surface area contributed by atoms with Crippen LogP contribution in [0.25, 0.3) is 22.7 Å². The van der Waals surface area contributed by atoms with Crippen LogP contribution in [-0.2, 0) is 37.5 Å². The van der Waals surface area contributed by atoms with Gasteiger partial charge in [0, 0.05) is 30.4 Å². The number of methoxy groups -OCH3 is 1. The molecule has 2 aromatic heterocycles. The Labute approximate surface area is 272 Å². The zero-order chi connectivity index (χ0) is 34.0. The Morgan fingerprint density at radius 3 is 2.48 bits per heavy atom. The molecule has 2 aromatic carbocycles. The molecule has 8 rings (SSSR count). The molecule has 3 aliphatic heterocycles. The molecule has 250 valence electrons. The topological polar surface area (TPSA) is 162 Å². The SMILES string of the molecule is COC(=O)N1CC2CC(c3nnc(-c4ccc5c(c4)N(Cc4ccc(-c6ccc(C(F)(F)F)cc6)nc4)C(=O)[C@@H](N)CS5(=O)=O)o3)(C2)C1. The number of sulfone groups is 1. The van der Waals surface area contributed by atoms with Crippen LogP contribution in [-0.4, -0.2) is 72.5 Å². The summed E-state index contributed by atoms with van der Waals surface area (Å²) >= 11 is 0. The summed E-state index contributed by atoms with van der Waals surface area (Å²) < 4.78 is 76.6. The van der Waals surface area contributed by atoms with Crippen molar-refractivity contribution in [3.05, 3.63) is 77.8 Å². The van der Waals surface area contributed by atoms with Crippen molar-refractivity contribution in [3.8, 4) is 22.7 Å². The maximum Gasteiger partial charge on any atom is 0.416 e.